The zero-order chi connectivity index (χ0) is 22.1. The maximum atomic E-state index is 13.3. The Hall–Kier alpha value is -2.82. The van der Waals surface area contributed by atoms with Gasteiger partial charge in [-0.2, -0.15) is 0 Å². The first-order chi connectivity index (χ1) is 14.3. The molecule has 0 saturated heterocycles. The summed E-state index contributed by atoms with van der Waals surface area (Å²) >= 11 is 0. The van der Waals surface area contributed by atoms with Gasteiger partial charge >= 0.3 is 0 Å². The SMILES string of the molecule is CC[C@H](C(=O)NCC(C)C)N(Cc1ccc(OC)cc1)C(=O)Cc1ccc(C)cc1. The van der Waals surface area contributed by atoms with Gasteiger partial charge in [0, 0.05) is 13.1 Å². The minimum absolute atomic E-state index is 0.0544. The topological polar surface area (TPSA) is 58.6 Å². The number of hydrogen-bond donors (Lipinski definition) is 1. The molecule has 2 aromatic carbocycles. The first-order valence-corrected chi connectivity index (χ1v) is 10.6. The molecule has 5 heteroatoms. The Balaban J connectivity index is 2.25. The van der Waals surface area contributed by atoms with Gasteiger partial charge in [0.2, 0.25) is 11.8 Å². The molecule has 1 N–H and O–H groups in total. The van der Waals surface area contributed by atoms with E-state index in [1.165, 1.54) is 0 Å². The molecule has 1 atom stereocenters. The molecule has 0 saturated carbocycles. The van der Waals surface area contributed by atoms with Crippen molar-refractivity contribution < 1.29 is 14.3 Å². The Morgan fingerprint density at radius 3 is 2.13 bits per heavy atom. The number of carbonyl (C=O) groups is 2. The Bertz CT molecular complexity index is 813. The third-order valence-electron chi connectivity index (χ3n) is 5.06. The van der Waals surface area contributed by atoms with Gasteiger partial charge in [0.05, 0.1) is 13.5 Å². The smallest absolute Gasteiger partial charge is 0.242 e. The van der Waals surface area contributed by atoms with Crippen LogP contribution in [-0.2, 0) is 22.6 Å². The molecule has 0 spiro atoms. The van der Waals surface area contributed by atoms with E-state index in [1.54, 1.807) is 12.0 Å². The van der Waals surface area contributed by atoms with Gasteiger partial charge < -0.3 is 15.0 Å². The Kier molecular flexibility index (Phi) is 8.90. The second-order valence-corrected chi connectivity index (χ2v) is 8.10. The molecule has 5 nitrogen and oxygen atoms in total. The van der Waals surface area contributed by atoms with Crippen LogP contribution in [0.1, 0.15) is 43.9 Å². The lowest BCUT2D eigenvalue weighted by molar-refractivity contribution is -0.141. The monoisotopic (exact) mass is 410 g/mol. The second kappa shape index (κ2) is 11.4. The Morgan fingerprint density at radius 2 is 1.60 bits per heavy atom. The molecule has 2 amide bonds. The van der Waals surface area contributed by atoms with Gasteiger partial charge in [0.25, 0.3) is 0 Å². The molecule has 0 unspecified atom stereocenters. The molecule has 0 bridgehead atoms. The largest absolute Gasteiger partial charge is 0.497 e. The van der Waals surface area contributed by atoms with E-state index < -0.39 is 6.04 Å². The molecule has 0 aliphatic rings. The van der Waals surface area contributed by atoms with Crippen LogP contribution in [-0.4, -0.2) is 36.4 Å². The number of nitrogens with zero attached hydrogens (tertiary/aromatic N) is 1. The second-order valence-electron chi connectivity index (χ2n) is 8.10. The van der Waals surface area contributed by atoms with Crippen molar-refractivity contribution >= 4 is 11.8 Å². The minimum Gasteiger partial charge on any atom is -0.497 e. The lowest BCUT2D eigenvalue weighted by Crippen LogP contribution is -2.50. The van der Waals surface area contributed by atoms with Crippen LogP contribution in [0.3, 0.4) is 0 Å². The molecule has 0 fully saturated rings. The Morgan fingerprint density at radius 1 is 1.00 bits per heavy atom. The van der Waals surface area contributed by atoms with Crippen molar-refractivity contribution in [1.29, 1.82) is 0 Å². The molecular weight excluding hydrogens is 376 g/mol. The first-order valence-electron chi connectivity index (χ1n) is 10.6. The maximum absolute atomic E-state index is 13.3. The van der Waals surface area contributed by atoms with E-state index in [0.717, 1.165) is 22.4 Å². The van der Waals surface area contributed by atoms with Crippen molar-refractivity contribution in [3.05, 3.63) is 65.2 Å². The van der Waals surface area contributed by atoms with E-state index in [-0.39, 0.29) is 18.2 Å². The van der Waals surface area contributed by atoms with E-state index in [4.69, 9.17) is 4.74 Å². The fraction of sp³-hybridized carbons (Fsp3) is 0.440. The number of amides is 2. The van der Waals surface area contributed by atoms with Crippen molar-refractivity contribution in [2.75, 3.05) is 13.7 Å². The molecule has 0 radical (unpaired) electrons. The minimum atomic E-state index is -0.510. The summed E-state index contributed by atoms with van der Waals surface area (Å²) in [7, 11) is 1.62. The highest BCUT2D eigenvalue weighted by Gasteiger charge is 2.28. The highest BCUT2D eigenvalue weighted by atomic mass is 16.5. The van der Waals surface area contributed by atoms with Crippen molar-refractivity contribution in [2.24, 2.45) is 5.92 Å². The van der Waals surface area contributed by atoms with E-state index in [2.05, 4.69) is 19.2 Å². The third-order valence-corrected chi connectivity index (χ3v) is 5.06. The van der Waals surface area contributed by atoms with Crippen LogP contribution in [0.4, 0.5) is 0 Å². The fourth-order valence-corrected chi connectivity index (χ4v) is 3.25. The summed E-state index contributed by atoms with van der Waals surface area (Å²) in [5.41, 5.74) is 3.06. The van der Waals surface area contributed by atoms with Crippen LogP contribution < -0.4 is 10.1 Å². The summed E-state index contributed by atoms with van der Waals surface area (Å²) in [4.78, 5) is 27.9. The Labute approximate surface area is 180 Å². The molecule has 0 aromatic heterocycles. The third kappa shape index (κ3) is 6.90. The van der Waals surface area contributed by atoms with E-state index >= 15 is 0 Å². The van der Waals surface area contributed by atoms with Crippen molar-refractivity contribution in [2.45, 2.75) is 53.1 Å². The molecule has 0 heterocycles. The molecule has 0 aliphatic heterocycles. The first kappa shape index (κ1) is 23.5. The number of benzene rings is 2. The maximum Gasteiger partial charge on any atom is 0.242 e. The van der Waals surface area contributed by atoms with Gasteiger partial charge in [-0.15, -0.1) is 0 Å². The van der Waals surface area contributed by atoms with E-state index in [1.807, 2.05) is 62.4 Å². The number of hydrogen-bond acceptors (Lipinski definition) is 3. The lowest BCUT2D eigenvalue weighted by atomic mass is 10.1. The molecular formula is C25H34N2O3. The van der Waals surface area contributed by atoms with E-state index in [9.17, 15) is 9.59 Å². The summed E-state index contributed by atoms with van der Waals surface area (Å²) in [6.45, 7) is 9.05. The number of rotatable bonds is 10. The van der Waals surface area contributed by atoms with Crippen molar-refractivity contribution in [3.8, 4) is 5.75 Å². The van der Waals surface area contributed by atoms with Gasteiger partial charge in [-0.1, -0.05) is 62.7 Å². The van der Waals surface area contributed by atoms with Crippen molar-refractivity contribution in [1.82, 2.24) is 10.2 Å². The normalized spacial score (nSPS) is 11.8. The van der Waals surface area contributed by atoms with Crippen LogP contribution in [0.15, 0.2) is 48.5 Å². The number of nitrogens with one attached hydrogen (secondary N) is 1. The molecule has 162 valence electrons. The zero-order valence-corrected chi connectivity index (χ0v) is 18.8. The van der Waals surface area contributed by atoms with Gasteiger partial charge in [-0.3, -0.25) is 9.59 Å². The number of carbonyl (C=O) groups excluding carboxylic acids is 2. The summed E-state index contributed by atoms with van der Waals surface area (Å²) in [5, 5.41) is 2.99. The lowest BCUT2D eigenvalue weighted by Gasteiger charge is -2.31. The van der Waals surface area contributed by atoms with Crippen LogP contribution >= 0.6 is 0 Å². The van der Waals surface area contributed by atoms with Gasteiger partial charge in [-0.05, 0) is 42.5 Å². The van der Waals surface area contributed by atoms with Crippen molar-refractivity contribution in [3.63, 3.8) is 0 Å². The molecule has 2 rings (SSSR count). The van der Waals surface area contributed by atoms with Crippen LogP contribution in [0, 0.1) is 12.8 Å². The molecule has 30 heavy (non-hydrogen) atoms. The number of aryl methyl sites for hydroxylation is 1. The summed E-state index contributed by atoms with van der Waals surface area (Å²) in [6.07, 6.45) is 0.824. The number of ether oxygens (including phenoxy) is 1. The van der Waals surface area contributed by atoms with Crippen LogP contribution in [0.2, 0.25) is 0 Å². The predicted octanol–water partition coefficient (Wildman–Crippen LogP) is 4.13. The average molecular weight is 411 g/mol. The molecule has 0 aliphatic carbocycles. The van der Waals surface area contributed by atoms with Gasteiger partial charge in [-0.25, -0.2) is 0 Å². The zero-order valence-electron chi connectivity index (χ0n) is 18.8. The summed E-state index contributed by atoms with van der Waals surface area (Å²) in [5.74, 6) is 0.959. The number of methoxy groups -OCH3 is 1. The quantitative estimate of drug-likeness (QED) is 0.641. The fourth-order valence-electron chi connectivity index (χ4n) is 3.25. The van der Waals surface area contributed by atoms with Crippen LogP contribution in [0.25, 0.3) is 0 Å². The highest BCUT2D eigenvalue weighted by Crippen LogP contribution is 2.18. The van der Waals surface area contributed by atoms with Crippen LogP contribution in [0.5, 0.6) is 5.75 Å². The van der Waals surface area contributed by atoms with Gasteiger partial charge in [0.15, 0.2) is 0 Å². The highest BCUT2D eigenvalue weighted by molar-refractivity contribution is 5.88. The average Bonchev–Trinajstić information content (AvgIpc) is 2.74. The molecule has 2 aromatic rings. The standard InChI is InChI=1S/C25H34N2O3/c1-6-23(25(29)26-16-18(2)3)27(17-21-11-13-22(30-5)14-12-21)24(28)15-20-9-7-19(4)8-10-20/h7-14,18,23H,6,15-17H2,1-5H3,(H,26,29)/t23-/m1/s1. The summed E-state index contributed by atoms with van der Waals surface area (Å²) < 4.78 is 5.23. The summed E-state index contributed by atoms with van der Waals surface area (Å²) in [6, 6.07) is 15.1. The van der Waals surface area contributed by atoms with Gasteiger partial charge in [0.1, 0.15) is 11.8 Å². The predicted molar refractivity (Wildman–Crippen MR) is 120 cm³/mol. The van der Waals surface area contributed by atoms with E-state index in [0.29, 0.717) is 25.4 Å².